The summed E-state index contributed by atoms with van der Waals surface area (Å²) >= 11 is 1.69. The standard InChI is InChI=1S/C17H15N3OS/c18-20-19-11-15-12-5-1-2-6-13(12)16(21)9-10-22-17-8-4-3-7-14(15)17/h1-8,15H,9-11H2. The van der Waals surface area contributed by atoms with Crippen molar-refractivity contribution in [2.45, 2.75) is 17.2 Å². The summed E-state index contributed by atoms with van der Waals surface area (Å²) in [6, 6.07) is 15.8. The van der Waals surface area contributed by atoms with Crippen LogP contribution in [0.2, 0.25) is 0 Å². The predicted octanol–water partition coefficient (Wildman–Crippen LogP) is 4.81. The van der Waals surface area contributed by atoms with Gasteiger partial charge < -0.3 is 0 Å². The molecule has 2 aromatic rings. The fourth-order valence-corrected chi connectivity index (χ4v) is 3.88. The van der Waals surface area contributed by atoms with Gasteiger partial charge in [0.2, 0.25) is 0 Å². The first-order chi connectivity index (χ1) is 10.8. The number of rotatable bonds is 2. The average molecular weight is 309 g/mol. The smallest absolute Gasteiger partial charge is 0.164 e. The minimum Gasteiger partial charge on any atom is -0.294 e. The number of carbonyl (C=O) groups is 1. The molecule has 0 bridgehead atoms. The van der Waals surface area contributed by atoms with E-state index in [1.165, 1.54) is 0 Å². The molecule has 1 unspecified atom stereocenters. The molecule has 0 fully saturated rings. The Hall–Kier alpha value is -2.23. The second-order valence-corrected chi connectivity index (χ2v) is 6.25. The molecule has 3 rings (SSSR count). The topological polar surface area (TPSA) is 65.8 Å². The van der Waals surface area contributed by atoms with Crippen LogP contribution in [0.3, 0.4) is 0 Å². The highest BCUT2D eigenvalue weighted by molar-refractivity contribution is 7.99. The van der Waals surface area contributed by atoms with Crippen molar-refractivity contribution in [3.63, 3.8) is 0 Å². The third-order valence-corrected chi connectivity index (χ3v) is 4.94. The predicted molar refractivity (Wildman–Crippen MR) is 88.4 cm³/mol. The zero-order chi connectivity index (χ0) is 15.4. The van der Waals surface area contributed by atoms with E-state index in [1.54, 1.807) is 11.8 Å². The van der Waals surface area contributed by atoms with Crippen LogP contribution in [0.15, 0.2) is 58.5 Å². The van der Waals surface area contributed by atoms with Crippen LogP contribution in [0.5, 0.6) is 0 Å². The highest BCUT2D eigenvalue weighted by Crippen LogP contribution is 2.37. The lowest BCUT2D eigenvalue weighted by Crippen LogP contribution is -2.11. The number of hydrogen-bond acceptors (Lipinski definition) is 3. The summed E-state index contributed by atoms with van der Waals surface area (Å²) in [5.74, 6) is 0.831. The number of thioether (sulfide) groups is 1. The third-order valence-electron chi connectivity index (χ3n) is 3.85. The quantitative estimate of drug-likeness (QED) is 0.454. The van der Waals surface area contributed by atoms with E-state index >= 15 is 0 Å². The Bertz CT molecular complexity index is 753. The molecule has 22 heavy (non-hydrogen) atoms. The highest BCUT2D eigenvalue weighted by atomic mass is 32.2. The molecule has 1 aliphatic rings. The van der Waals surface area contributed by atoms with Gasteiger partial charge in [0, 0.05) is 40.0 Å². The van der Waals surface area contributed by atoms with Gasteiger partial charge in [-0.2, -0.15) is 0 Å². The van der Waals surface area contributed by atoms with Gasteiger partial charge in [-0.1, -0.05) is 47.6 Å². The van der Waals surface area contributed by atoms with Crippen molar-refractivity contribution in [2.75, 3.05) is 12.3 Å². The first kappa shape index (κ1) is 14.7. The number of ketones is 1. The zero-order valence-corrected chi connectivity index (χ0v) is 12.8. The minimum atomic E-state index is -0.0853. The number of hydrogen-bond donors (Lipinski definition) is 0. The van der Waals surface area contributed by atoms with Gasteiger partial charge in [-0.15, -0.1) is 11.8 Å². The summed E-state index contributed by atoms with van der Waals surface area (Å²) in [7, 11) is 0. The molecular weight excluding hydrogens is 294 g/mol. The normalized spacial score (nSPS) is 17.3. The van der Waals surface area contributed by atoms with E-state index in [0.29, 0.717) is 13.0 Å². The van der Waals surface area contributed by atoms with Gasteiger partial charge in [0.05, 0.1) is 0 Å². The van der Waals surface area contributed by atoms with Crippen LogP contribution in [0.4, 0.5) is 0 Å². The average Bonchev–Trinajstić information content (AvgIpc) is 2.61. The summed E-state index contributed by atoms with van der Waals surface area (Å²) in [5, 5.41) is 3.78. The maximum Gasteiger partial charge on any atom is 0.164 e. The molecule has 1 aliphatic heterocycles. The lowest BCUT2D eigenvalue weighted by atomic mass is 9.86. The molecule has 0 spiro atoms. The molecule has 0 amide bonds. The van der Waals surface area contributed by atoms with Gasteiger partial charge in [0.1, 0.15) is 0 Å². The second kappa shape index (κ2) is 6.69. The van der Waals surface area contributed by atoms with Crippen molar-refractivity contribution in [1.82, 2.24) is 0 Å². The Morgan fingerprint density at radius 3 is 2.68 bits per heavy atom. The van der Waals surface area contributed by atoms with Crippen LogP contribution in [0.1, 0.15) is 33.8 Å². The molecule has 2 aromatic carbocycles. The summed E-state index contributed by atoms with van der Waals surface area (Å²) in [5.41, 5.74) is 11.5. The van der Waals surface area contributed by atoms with Crippen LogP contribution >= 0.6 is 11.8 Å². The van der Waals surface area contributed by atoms with E-state index < -0.39 is 0 Å². The Kier molecular flexibility index (Phi) is 4.47. The van der Waals surface area contributed by atoms with E-state index in [4.69, 9.17) is 5.53 Å². The molecule has 0 N–H and O–H groups in total. The number of fused-ring (bicyclic) bond motifs is 2. The lowest BCUT2D eigenvalue weighted by Gasteiger charge is -2.20. The molecule has 0 saturated heterocycles. The maximum atomic E-state index is 12.5. The van der Waals surface area contributed by atoms with Gasteiger partial charge in [-0.25, -0.2) is 0 Å². The largest absolute Gasteiger partial charge is 0.294 e. The monoisotopic (exact) mass is 309 g/mol. The minimum absolute atomic E-state index is 0.0853. The van der Waals surface area contributed by atoms with E-state index in [0.717, 1.165) is 27.3 Å². The van der Waals surface area contributed by atoms with Crippen molar-refractivity contribution < 1.29 is 4.79 Å². The molecule has 4 nitrogen and oxygen atoms in total. The second-order valence-electron chi connectivity index (χ2n) is 5.11. The molecule has 110 valence electrons. The van der Waals surface area contributed by atoms with E-state index in [-0.39, 0.29) is 11.7 Å². The van der Waals surface area contributed by atoms with E-state index in [2.05, 4.69) is 22.2 Å². The molecule has 0 radical (unpaired) electrons. The highest BCUT2D eigenvalue weighted by Gasteiger charge is 2.24. The Labute approximate surface area is 133 Å². The van der Waals surface area contributed by atoms with Gasteiger partial charge in [0.15, 0.2) is 5.78 Å². The van der Waals surface area contributed by atoms with Gasteiger partial charge in [0.25, 0.3) is 0 Å². The third kappa shape index (κ3) is 2.86. The first-order valence-electron chi connectivity index (χ1n) is 7.16. The van der Waals surface area contributed by atoms with Crippen LogP contribution in [-0.2, 0) is 0 Å². The summed E-state index contributed by atoms with van der Waals surface area (Å²) in [6.45, 7) is 0.318. The number of carbonyl (C=O) groups excluding carboxylic acids is 1. The number of nitrogens with zero attached hydrogens (tertiary/aromatic N) is 3. The van der Waals surface area contributed by atoms with Crippen LogP contribution in [-0.4, -0.2) is 18.1 Å². The maximum absolute atomic E-state index is 12.5. The van der Waals surface area contributed by atoms with E-state index in [1.807, 2.05) is 36.4 Å². The first-order valence-corrected chi connectivity index (χ1v) is 8.14. The number of azide groups is 1. The van der Waals surface area contributed by atoms with Gasteiger partial charge >= 0.3 is 0 Å². The Morgan fingerprint density at radius 1 is 1.14 bits per heavy atom. The van der Waals surface area contributed by atoms with Gasteiger partial charge in [-0.05, 0) is 22.7 Å². The van der Waals surface area contributed by atoms with Crippen molar-refractivity contribution in [2.24, 2.45) is 5.11 Å². The molecule has 1 atom stereocenters. The Morgan fingerprint density at radius 2 is 1.86 bits per heavy atom. The molecule has 0 saturated carbocycles. The molecule has 0 aliphatic carbocycles. The SMILES string of the molecule is [N-]=[N+]=NCC1c2ccccc2SCCC(=O)c2ccccc21. The number of benzene rings is 2. The zero-order valence-electron chi connectivity index (χ0n) is 12.0. The van der Waals surface area contributed by atoms with Crippen LogP contribution in [0, 0.1) is 0 Å². The van der Waals surface area contributed by atoms with E-state index in [9.17, 15) is 4.79 Å². The molecule has 5 heteroatoms. The molecular formula is C17H15N3OS. The van der Waals surface area contributed by atoms with Crippen molar-refractivity contribution >= 4 is 17.5 Å². The molecule has 0 aromatic heterocycles. The van der Waals surface area contributed by atoms with Crippen LogP contribution in [0.25, 0.3) is 10.4 Å². The summed E-state index contributed by atoms with van der Waals surface area (Å²) < 4.78 is 0. The summed E-state index contributed by atoms with van der Waals surface area (Å²) in [6.07, 6.45) is 0.518. The fraction of sp³-hybridized carbons (Fsp3) is 0.235. The summed E-state index contributed by atoms with van der Waals surface area (Å²) in [4.78, 5) is 16.5. The Balaban J connectivity index is 2.21. The van der Waals surface area contributed by atoms with Gasteiger partial charge in [-0.3, -0.25) is 4.79 Å². The van der Waals surface area contributed by atoms with Crippen molar-refractivity contribution in [3.8, 4) is 0 Å². The fourth-order valence-electron chi connectivity index (χ4n) is 2.83. The van der Waals surface area contributed by atoms with Crippen LogP contribution < -0.4 is 0 Å². The van der Waals surface area contributed by atoms with Crippen molar-refractivity contribution in [3.05, 3.63) is 75.7 Å². The van der Waals surface area contributed by atoms with Crippen molar-refractivity contribution in [1.29, 1.82) is 0 Å². The number of Topliss-reactive ketones (excluding diaryl/α,β-unsaturated/α-hetero) is 1. The molecule has 1 heterocycles. The lowest BCUT2D eigenvalue weighted by molar-refractivity contribution is 0.0988.